The Morgan fingerprint density at radius 3 is 2.72 bits per heavy atom. The number of nitrogens with zero attached hydrogens (tertiary/aromatic N) is 2. The lowest BCUT2D eigenvalue weighted by molar-refractivity contribution is -0.886. The van der Waals surface area contributed by atoms with Crippen molar-refractivity contribution in [3.63, 3.8) is 0 Å². The molecule has 136 valence electrons. The number of piperidine rings is 1. The number of quaternary nitrogens is 1. The van der Waals surface area contributed by atoms with Crippen molar-refractivity contribution in [3.05, 3.63) is 29.5 Å². The second kappa shape index (κ2) is 6.72. The maximum atomic E-state index is 13.0. The van der Waals surface area contributed by atoms with Crippen LogP contribution < -0.4 is 14.8 Å². The van der Waals surface area contributed by atoms with Gasteiger partial charge in [-0.25, -0.2) is 4.79 Å². The average molecular weight is 347 g/mol. The summed E-state index contributed by atoms with van der Waals surface area (Å²) >= 11 is 0. The van der Waals surface area contributed by atoms with E-state index in [1.807, 2.05) is 29.2 Å². The van der Waals surface area contributed by atoms with Crippen molar-refractivity contribution in [1.82, 2.24) is 10.2 Å². The number of hydrogen-bond acceptors (Lipinski definition) is 4. The largest absolute Gasteiger partial charge is 0.633 e. The SMILES string of the molecule is O=C1NCCN1C1CC[N+]([O-])(CCC2COc3ccccc3O2)CC1. The molecule has 25 heavy (non-hydrogen) atoms. The molecule has 1 atom stereocenters. The third kappa shape index (κ3) is 3.52. The summed E-state index contributed by atoms with van der Waals surface area (Å²) in [5, 5.41) is 15.8. The first-order valence-corrected chi connectivity index (χ1v) is 9.13. The van der Waals surface area contributed by atoms with Crippen LogP contribution >= 0.6 is 0 Å². The van der Waals surface area contributed by atoms with Gasteiger partial charge in [0.1, 0.15) is 12.7 Å². The van der Waals surface area contributed by atoms with Crippen LogP contribution in [0.5, 0.6) is 11.5 Å². The van der Waals surface area contributed by atoms with E-state index in [-0.39, 0.29) is 22.8 Å². The Balaban J connectivity index is 1.27. The molecule has 3 aliphatic heterocycles. The predicted molar refractivity (Wildman–Crippen MR) is 92.3 cm³/mol. The number of hydroxylamine groups is 3. The summed E-state index contributed by atoms with van der Waals surface area (Å²) in [6.07, 6.45) is 2.18. The zero-order valence-corrected chi connectivity index (χ0v) is 14.4. The Kier molecular flexibility index (Phi) is 4.43. The van der Waals surface area contributed by atoms with E-state index in [1.54, 1.807) is 0 Å². The van der Waals surface area contributed by atoms with Gasteiger partial charge < -0.3 is 29.5 Å². The monoisotopic (exact) mass is 347 g/mol. The fourth-order valence-electron chi connectivity index (χ4n) is 3.98. The number of hydrogen-bond donors (Lipinski definition) is 1. The van der Waals surface area contributed by atoms with E-state index < -0.39 is 0 Å². The minimum atomic E-state index is -0.187. The molecule has 0 aliphatic carbocycles. The molecule has 3 heterocycles. The first-order chi connectivity index (χ1) is 12.1. The average Bonchev–Trinajstić information content (AvgIpc) is 3.07. The topological polar surface area (TPSA) is 73.9 Å². The van der Waals surface area contributed by atoms with Crippen molar-refractivity contribution in [2.75, 3.05) is 39.3 Å². The van der Waals surface area contributed by atoms with E-state index in [4.69, 9.17) is 9.47 Å². The molecular formula is C18H25N3O4. The van der Waals surface area contributed by atoms with Gasteiger partial charge in [0.25, 0.3) is 0 Å². The molecule has 1 aromatic carbocycles. The van der Waals surface area contributed by atoms with Crippen molar-refractivity contribution in [3.8, 4) is 11.5 Å². The number of rotatable bonds is 4. The summed E-state index contributed by atoms with van der Waals surface area (Å²) in [7, 11) is 0. The number of benzene rings is 1. The van der Waals surface area contributed by atoms with Crippen molar-refractivity contribution < 1.29 is 18.9 Å². The first-order valence-electron chi connectivity index (χ1n) is 9.13. The minimum Gasteiger partial charge on any atom is -0.633 e. The third-order valence-electron chi connectivity index (χ3n) is 5.50. The lowest BCUT2D eigenvalue weighted by Gasteiger charge is -2.49. The fourth-order valence-corrected chi connectivity index (χ4v) is 3.98. The molecule has 4 rings (SSSR count). The fraction of sp³-hybridized carbons (Fsp3) is 0.611. The van der Waals surface area contributed by atoms with Crippen LogP contribution in [0.1, 0.15) is 19.3 Å². The van der Waals surface area contributed by atoms with E-state index >= 15 is 0 Å². The normalized spacial score (nSPS) is 31.7. The van der Waals surface area contributed by atoms with Crippen molar-refractivity contribution in [1.29, 1.82) is 0 Å². The molecule has 2 amide bonds. The number of para-hydroxylation sites is 2. The maximum absolute atomic E-state index is 13.0. The van der Waals surface area contributed by atoms with Crippen LogP contribution in [0.3, 0.4) is 0 Å². The summed E-state index contributed by atoms with van der Waals surface area (Å²) < 4.78 is 11.5. The summed E-state index contributed by atoms with van der Waals surface area (Å²) in [5.74, 6) is 1.53. The van der Waals surface area contributed by atoms with Crippen molar-refractivity contribution in [2.45, 2.75) is 31.4 Å². The first kappa shape index (κ1) is 16.5. The highest BCUT2D eigenvalue weighted by Crippen LogP contribution is 2.32. The van der Waals surface area contributed by atoms with Crippen LogP contribution in [0.2, 0.25) is 0 Å². The van der Waals surface area contributed by atoms with Gasteiger partial charge in [-0.05, 0) is 12.1 Å². The van der Waals surface area contributed by atoms with Gasteiger partial charge >= 0.3 is 6.03 Å². The lowest BCUT2D eigenvalue weighted by atomic mass is 10.0. The van der Waals surface area contributed by atoms with E-state index in [9.17, 15) is 10.0 Å². The number of fused-ring (bicyclic) bond motifs is 1. The number of ether oxygens (including phenoxy) is 2. The van der Waals surface area contributed by atoms with Gasteiger partial charge in [0.2, 0.25) is 0 Å². The molecule has 0 spiro atoms. The van der Waals surface area contributed by atoms with Gasteiger partial charge in [0, 0.05) is 38.4 Å². The van der Waals surface area contributed by atoms with Crippen LogP contribution in [0.15, 0.2) is 24.3 Å². The van der Waals surface area contributed by atoms with E-state index in [2.05, 4.69) is 5.32 Å². The van der Waals surface area contributed by atoms with E-state index in [0.717, 1.165) is 30.9 Å². The number of likely N-dealkylation sites (tertiary alicyclic amines) is 1. The maximum Gasteiger partial charge on any atom is 0.317 e. The highest BCUT2D eigenvalue weighted by Gasteiger charge is 2.35. The molecule has 0 aromatic heterocycles. The van der Waals surface area contributed by atoms with Gasteiger partial charge in [0.05, 0.1) is 19.6 Å². The number of carbonyl (C=O) groups excluding carboxylic acids is 1. The molecule has 2 saturated heterocycles. The van der Waals surface area contributed by atoms with Crippen LogP contribution in [0.4, 0.5) is 4.79 Å². The van der Waals surface area contributed by atoms with Gasteiger partial charge in [-0.3, -0.25) is 0 Å². The van der Waals surface area contributed by atoms with E-state index in [0.29, 0.717) is 39.2 Å². The van der Waals surface area contributed by atoms with Gasteiger partial charge in [0.15, 0.2) is 11.5 Å². The van der Waals surface area contributed by atoms with Crippen molar-refractivity contribution in [2.24, 2.45) is 0 Å². The van der Waals surface area contributed by atoms with Crippen molar-refractivity contribution >= 4 is 6.03 Å². The molecule has 0 bridgehead atoms. The summed E-state index contributed by atoms with van der Waals surface area (Å²) in [6.45, 7) is 3.64. The molecule has 1 N–H and O–H groups in total. The second-order valence-electron chi connectivity index (χ2n) is 7.17. The summed E-state index contributed by atoms with van der Waals surface area (Å²) in [5.41, 5.74) is 0. The Bertz CT molecular complexity index is 631. The molecule has 1 aromatic rings. The highest BCUT2D eigenvalue weighted by molar-refractivity contribution is 5.76. The molecule has 2 fully saturated rings. The Labute approximate surface area is 147 Å². The quantitative estimate of drug-likeness (QED) is 0.665. The Morgan fingerprint density at radius 1 is 1.24 bits per heavy atom. The minimum absolute atomic E-state index is 0.0160. The standard InChI is InChI=1S/C18H25N3O4/c22-18-19-8-9-20(18)14-5-10-21(23,11-6-14)12-7-15-13-24-16-3-1-2-4-17(16)25-15/h1-4,14-15H,5-13H2,(H,19,22). The summed E-state index contributed by atoms with van der Waals surface area (Å²) in [6, 6.07) is 7.87. The van der Waals surface area contributed by atoms with Gasteiger partial charge in [-0.1, -0.05) is 12.1 Å². The Hall–Kier alpha value is -1.99. The number of carbonyl (C=O) groups is 1. The van der Waals surface area contributed by atoms with E-state index in [1.165, 1.54) is 0 Å². The molecular weight excluding hydrogens is 322 g/mol. The Morgan fingerprint density at radius 2 is 2.00 bits per heavy atom. The van der Waals surface area contributed by atoms with Crippen LogP contribution in [-0.4, -0.2) is 67.1 Å². The molecule has 0 radical (unpaired) electrons. The molecule has 1 unspecified atom stereocenters. The molecule has 7 nitrogen and oxygen atoms in total. The zero-order chi connectivity index (χ0) is 17.3. The van der Waals surface area contributed by atoms with Crippen LogP contribution in [0, 0.1) is 5.21 Å². The number of nitrogens with one attached hydrogen (secondary N) is 1. The smallest absolute Gasteiger partial charge is 0.317 e. The second-order valence-corrected chi connectivity index (χ2v) is 7.17. The van der Waals surface area contributed by atoms with Gasteiger partial charge in [-0.2, -0.15) is 0 Å². The van der Waals surface area contributed by atoms with Crippen LogP contribution in [0.25, 0.3) is 0 Å². The van der Waals surface area contributed by atoms with Crippen LogP contribution in [-0.2, 0) is 0 Å². The number of amides is 2. The molecule has 7 heteroatoms. The third-order valence-corrected chi connectivity index (χ3v) is 5.50. The lowest BCUT2D eigenvalue weighted by Crippen LogP contribution is -2.54. The predicted octanol–water partition coefficient (Wildman–Crippen LogP) is 1.72. The summed E-state index contributed by atoms with van der Waals surface area (Å²) in [4.78, 5) is 13.7. The molecule has 0 saturated carbocycles. The molecule has 3 aliphatic rings. The highest BCUT2D eigenvalue weighted by atomic mass is 16.6. The zero-order valence-electron chi connectivity index (χ0n) is 14.4. The van der Waals surface area contributed by atoms with Gasteiger partial charge in [-0.15, -0.1) is 0 Å². The number of urea groups is 1.